The molecule has 0 fully saturated rings. The monoisotopic (exact) mass is 1120 g/mol. The number of rotatable bonds is 61. The fraction of sp³-hybridized carbons (Fsp3) is 0.761. The third-order valence-electron chi connectivity index (χ3n) is 14.4. The number of esters is 2. The van der Waals surface area contributed by atoms with Crippen molar-refractivity contribution < 1.29 is 42.9 Å². The Morgan fingerprint density at radius 2 is 0.713 bits per heavy atom. The maximum absolute atomic E-state index is 12.9. The van der Waals surface area contributed by atoms with E-state index in [-0.39, 0.29) is 32.2 Å². The van der Waals surface area contributed by atoms with E-state index in [1.165, 1.54) is 167 Å². The fourth-order valence-electron chi connectivity index (χ4n) is 9.34. The average Bonchev–Trinajstić information content (AvgIpc) is 3.43. The van der Waals surface area contributed by atoms with Crippen molar-refractivity contribution in [2.75, 3.05) is 47.5 Å². The van der Waals surface area contributed by atoms with Crippen LogP contribution in [-0.2, 0) is 33.3 Å². The molecule has 0 aliphatic heterocycles. The summed E-state index contributed by atoms with van der Waals surface area (Å²) in [7, 11) is 5.93. The maximum Gasteiger partial charge on any atom is 0.306 e. The van der Waals surface area contributed by atoms with Crippen molar-refractivity contribution in [2.45, 2.75) is 302 Å². The van der Waals surface area contributed by atoms with E-state index in [2.05, 4.69) is 98.9 Å². The molecular formula is C71H125NO8. The smallest absolute Gasteiger partial charge is 0.306 e. The number of allylic oxidation sites excluding steroid dienone is 14. The largest absolute Gasteiger partial charge is 0.545 e. The number of hydrogen-bond acceptors (Lipinski definition) is 8. The van der Waals surface area contributed by atoms with Crippen LogP contribution in [0.25, 0.3) is 0 Å². The summed E-state index contributed by atoms with van der Waals surface area (Å²) in [5.74, 6) is -2.28. The summed E-state index contributed by atoms with van der Waals surface area (Å²) in [4.78, 5) is 37.4. The van der Waals surface area contributed by atoms with Crippen molar-refractivity contribution in [3.63, 3.8) is 0 Å². The van der Waals surface area contributed by atoms with Gasteiger partial charge < -0.3 is 33.3 Å². The molecule has 0 saturated carbocycles. The summed E-state index contributed by atoms with van der Waals surface area (Å²) in [6.07, 6.45) is 79.3. The second-order valence-electron chi connectivity index (χ2n) is 23.4. The summed E-state index contributed by atoms with van der Waals surface area (Å²) in [6.45, 7) is 4.66. The van der Waals surface area contributed by atoms with Crippen LogP contribution in [0.4, 0.5) is 0 Å². The van der Waals surface area contributed by atoms with Crippen LogP contribution in [0, 0.1) is 0 Å². The maximum atomic E-state index is 12.9. The number of likely N-dealkylation sites (N-methyl/N-ethyl adjacent to an activating group) is 1. The first-order valence-corrected chi connectivity index (χ1v) is 33.2. The van der Waals surface area contributed by atoms with Crippen LogP contribution in [0.3, 0.4) is 0 Å². The summed E-state index contributed by atoms with van der Waals surface area (Å²) >= 11 is 0. The molecule has 0 amide bonds. The van der Waals surface area contributed by atoms with E-state index in [4.69, 9.17) is 18.9 Å². The number of ether oxygens (including phenoxy) is 4. The predicted molar refractivity (Wildman–Crippen MR) is 338 cm³/mol. The SMILES string of the molecule is CC/C=C\C/C=C\C/C=C\C/C=C\C/C=C\C/C=C\C/C=C\CCCCCCCCCCCC(=O)OC(COC(=O)CCCCCCCCCCCCCCCCCCCCCCCCCC)COC(OCC[N+](C)(C)C)C(=O)[O-]. The summed E-state index contributed by atoms with van der Waals surface area (Å²) in [5.41, 5.74) is 0. The first-order valence-electron chi connectivity index (χ1n) is 33.2. The van der Waals surface area contributed by atoms with Crippen molar-refractivity contribution in [3.05, 3.63) is 85.1 Å². The molecule has 9 heteroatoms. The molecule has 0 aromatic rings. The lowest BCUT2D eigenvalue weighted by molar-refractivity contribution is -0.870. The van der Waals surface area contributed by atoms with Crippen molar-refractivity contribution >= 4 is 17.9 Å². The minimum atomic E-state index is -1.63. The van der Waals surface area contributed by atoms with Crippen LogP contribution in [0.15, 0.2) is 85.1 Å². The number of nitrogens with zero attached hydrogens (tertiary/aromatic N) is 1. The van der Waals surface area contributed by atoms with E-state index in [9.17, 15) is 19.5 Å². The predicted octanol–water partition coefficient (Wildman–Crippen LogP) is 19.0. The van der Waals surface area contributed by atoms with Crippen LogP contribution < -0.4 is 5.11 Å². The molecule has 462 valence electrons. The highest BCUT2D eigenvalue weighted by Gasteiger charge is 2.22. The number of hydrogen-bond donors (Lipinski definition) is 0. The first-order chi connectivity index (χ1) is 39.1. The van der Waals surface area contributed by atoms with E-state index in [1.54, 1.807) is 0 Å². The number of carboxylic acid groups (broad SMARTS) is 1. The molecule has 0 aromatic heterocycles. The lowest BCUT2D eigenvalue weighted by atomic mass is 10.0. The third kappa shape index (κ3) is 62.1. The molecule has 2 atom stereocenters. The minimum absolute atomic E-state index is 0.144. The lowest BCUT2D eigenvalue weighted by Gasteiger charge is -2.26. The van der Waals surface area contributed by atoms with Gasteiger partial charge in [-0.1, -0.05) is 292 Å². The molecule has 0 radical (unpaired) electrons. The van der Waals surface area contributed by atoms with Gasteiger partial charge in [0.1, 0.15) is 13.2 Å². The van der Waals surface area contributed by atoms with Gasteiger partial charge in [0.05, 0.1) is 40.3 Å². The quantitative estimate of drug-likeness (QED) is 0.0195. The second kappa shape index (κ2) is 61.5. The molecule has 80 heavy (non-hydrogen) atoms. The summed E-state index contributed by atoms with van der Waals surface area (Å²) in [6, 6.07) is 0. The molecule has 0 aliphatic rings. The highest BCUT2D eigenvalue weighted by molar-refractivity contribution is 5.70. The molecule has 0 rings (SSSR count). The molecule has 0 saturated heterocycles. The molecule has 0 heterocycles. The first kappa shape index (κ1) is 76.5. The summed E-state index contributed by atoms with van der Waals surface area (Å²) < 4.78 is 22.8. The van der Waals surface area contributed by atoms with Crippen LogP contribution in [0.1, 0.15) is 290 Å². The van der Waals surface area contributed by atoms with Gasteiger partial charge in [0.15, 0.2) is 12.4 Å². The lowest BCUT2D eigenvalue weighted by Crippen LogP contribution is -2.44. The average molecular weight is 1120 g/mol. The van der Waals surface area contributed by atoms with Gasteiger partial charge in [0.25, 0.3) is 0 Å². The normalized spacial score (nSPS) is 13.3. The number of carboxylic acids is 1. The Morgan fingerprint density at radius 3 is 1.06 bits per heavy atom. The van der Waals surface area contributed by atoms with Gasteiger partial charge in [0.2, 0.25) is 0 Å². The van der Waals surface area contributed by atoms with Gasteiger partial charge in [-0.3, -0.25) is 9.59 Å². The zero-order valence-corrected chi connectivity index (χ0v) is 52.7. The van der Waals surface area contributed by atoms with Crippen LogP contribution in [-0.4, -0.2) is 82.3 Å². The number of quaternary nitrogens is 1. The second-order valence-corrected chi connectivity index (χ2v) is 23.4. The highest BCUT2D eigenvalue weighted by Crippen LogP contribution is 2.17. The Kier molecular flexibility index (Phi) is 58.8. The van der Waals surface area contributed by atoms with E-state index in [0.29, 0.717) is 23.9 Å². The number of aliphatic carboxylic acids is 1. The molecular weight excluding hydrogens is 995 g/mol. The van der Waals surface area contributed by atoms with Crippen molar-refractivity contribution in [2.24, 2.45) is 0 Å². The van der Waals surface area contributed by atoms with Gasteiger partial charge in [-0.25, -0.2) is 0 Å². The molecule has 0 spiro atoms. The van der Waals surface area contributed by atoms with Crippen LogP contribution in [0.5, 0.6) is 0 Å². The van der Waals surface area contributed by atoms with Gasteiger partial charge in [-0.2, -0.15) is 0 Å². The number of carbonyl (C=O) groups is 3. The van der Waals surface area contributed by atoms with Crippen molar-refractivity contribution in [1.29, 1.82) is 0 Å². The zero-order chi connectivity index (χ0) is 58.3. The summed E-state index contributed by atoms with van der Waals surface area (Å²) in [5, 5.41) is 11.8. The Hall–Kier alpha value is -3.53. The Bertz CT molecular complexity index is 1590. The van der Waals surface area contributed by atoms with Crippen molar-refractivity contribution in [1.82, 2.24) is 0 Å². The molecule has 2 unspecified atom stereocenters. The van der Waals surface area contributed by atoms with Crippen LogP contribution in [0.2, 0.25) is 0 Å². The Balaban J connectivity index is 4.18. The van der Waals surface area contributed by atoms with Crippen LogP contribution >= 0.6 is 0 Å². The fourth-order valence-corrected chi connectivity index (χ4v) is 9.34. The third-order valence-corrected chi connectivity index (χ3v) is 14.4. The minimum Gasteiger partial charge on any atom is -0.545 e. The molecule has 0 aliphatic carbocycles. The number of unbranched alkanes of at least 4 members (excludes halogenated alkanes) is 32. The topological polar surface area (TPSA) is 111 Å². The van der Waals surface area contributed by atoms with Gasteiger partial charge >= 0.3 is 11.9 Å². The van der Waals surface area contributed by atoms with E-state index in [0.717, 1.165) is 89.9 Å². The Morgan fingerprint density at radius 1 is 0.388 bits per heavy atom. The highest BCUT2D eigenvalue weighted by atomic mass is 16.7. The standard InChI is InChI=1S/C71H125NO8/c1-6-8-10-12-14-16-18-20-22-24-26-28-30-32-33-34-35-36-37-38-40-42-44-46-48-50-52-54-56-58-60-62-69(74)80-67(66-79-71(70(75)76)77-64-63-72(3,4)5)65-78-68(73)61-59-57-55-53-51-49-47-45-43-41-39-31-29-27-25-23-21-19-17-15-13-11-9-7-2/h8,10,14,16,20,22,26,28,32-33,35-36,38,40,67,71H,6-7,9,11-13,15,17-19,21,23-25,27,29-31,34,37,39,41-66H2,1-5H3/b10-8-,16-14-,22-20-,28-26-,33-32-,36-35-,40-38-. The van der Waals surface area contributed by atoms with Gasteiger partial charge in [0, 0.05) is 12.8 Å². The van der Waals surface area contributed by atoms with E-state index < -0.39 is 24.3 Å². The molecule has 0 N–H and O–H groups in total. The van der Waals surface area contributed by atoms with Gasteiger partial charge in [-0.05, 0) is 70.6 Å². The number of carbonyl (C=O) groups excluding carboxylic acids is 3. The molecule has 0 aromatic carbocycles. The van der Waals surface area contributed by atoms with Crippen molar-refractivity contribution in [3.8, 4) is 0 Å². The molecule has 0 bridgehead atoms. The Labute approximate surface area is 493 Å². The van der Waals surface area contributed by atoms with E-state index >= 15 is 0 Å². The zero-order valence-electron chi connectivity index (χ0n) is 52.7. The van der Waals surface area contributed by atoms with E-state index in [1.807, 2.05) is 21.1 Å². The molecule has 9 nitrogen and oxygen atoms in total. The van der Waals surface area contributed by atoms with Gasteiger partial charge in [-0.15, -0.1) is 0 Å².